The van der Waals surface area contributed by atoms with E-state index in [9.17, 15) is 4.79 Å². The van der Waals surface area contributed by atoms with Crippen molar-refractivity contribution in [2.45, 2.75) is 6.61 Å². The number of benzene rings is 1. The van der Waals surface area contributed by atoms with Gasteiger partial charge in [-0.05, 0) is 5.56 Å². The second-order valence-corrected chi connectivity index (χ2v) is 5.25. The molecule has 0 bridgehead atoms. The lowest BCUT2D eigenvalue weighted by molar-refractivity contribution is 0.142. The minimum atomic E-state index is -0.879. The molecule has 0 radical (unpaired) electrons. The Hall–Kier alpha value is -2.83. The van der Waals surface area contributed by atoms with Gasteiger partial charge in [0.2, 0.25) is 5.95 Å². The third-order valence-corrected chi connectivity index (χ3v) is 3.70. The van der Waals surface area contributed by atoms with Gasteiger partial charge in [0.15, 0.2) is 5.75 Å². The first-order valence-electron chi connectivity index (χ1n) is 7.44. The summed E-state index contributed by atoms with van der Waals surface area (Å²) in [6.07, 6.45) is 2.42. The number of carboxylic acid groups (broad SMARTS) is 1. The molecule has 1 N–H and O–H groups in total. The van der Waals surface area contributed by atoms with Crippen LogP contribution in [0.2, 0.25) is 0 Å². The lowest BCUT2D eigenvalue weighted by atomic mass is 10.2. The molecule has 1 aliphatic rings. The summed E-state index contributed by atoms with van der Waals surface area (Å²) in [5.41, 5.74) is 1.08. The van der Waals surface area contributed by atoms with Crippen molar-refractivity contribution in [2.24, 2.45) is 0 Å². The van der Waals surface area contributed by atoms with Gasteiger partial charge in [-0.3, -0.25) is 0 Å². The molecule has 0 saturated carbocycles. The third kappa shape index (κ3) is 3.88. The summed E-state index contributed by atoms with van der Waals surface area (Å²) in [6.45, 7) is 2.59. The van der Waals surface area contributed by atoms with Crippen molar-refractivity contribution in [3.05, 3.63) is 48.3 Å². The topological polar surface area (TPSA) is 78.8 Å². The van der Waals surface area contributed by atoms with Gasteiger partial charge < -0.3 is 19.6 Å². The van der Waals surface area contributed by atoms with E-state index in [0.717, 1.165) is 5.56 Å². The molecule has 0 atom stereocenters. The molecule has 120 valence electrons. The Bertz CT molecular complexity index is 640. The van der Waals surface area contributed by atoms with E-state index in [1.807, 2.05) is 35.2 Å². The fourth-order valence-electron chi connectivity index (χ4n) is 2.39. The van der Waals surface area contributed by atoms with Crippen LogP contribution in [0.15, 0.2) is 42.7 Å². The minimum Gasteiger partial charge on any atom is -0.486 e. The molecule has 0 unspecified atom stereocenters. The number of ether oxygens (including phenoxy) is 1. The van der Waals surface area contributed by atoms with Crippen LogP contribution < -0.4 is 9.64 Å². The predicted octanol–water partition coefficient (Wildman–Crippen LogP) is 1.86. The zero-order valence-corrected chi connectivity index (χ0v) is 12.6. The molecule has 0 aliphatic carbocycles. The number of hydrogen-bond donors (Lipinski definition) is 1. The Morgan fingerprint density at radius 3 is 2.35 bits per heavy atom. The Kier molecular flexibility index (Phi) is 4.56. The van der Waals surface area contributed by atoms with Crippen molar-refractivity contribution in [2.75, 3.05) is 31.1 Å². The number of rotatable bonds is 4. The van der Waals surface area contributed by atoms with Crippen LogP contribution in [0.4, 0.5) is 10.7 Å². The van der Waals surface area contributed by atoms with Crippen LogP contribution in [0, 0.1) is 0 Å². The van der Waals surface area contributed by atoms with Crippen LogP contribution in [-0.4, -0.2) is 52.2 Å². The van der Waals surface area contributed by atoms with Crippen LogP contribution in [0.25, 0.3) is 0 Å². The smallest absolute Gasteiger partial charge is 0.407 e. The minimum absolute atomic E-state index is 0.463. The number of carbonyl (C=O) groups is 1. The van der Waals surface area contributed by atoms with Gasteiger partial charge in [0.25, 0.3) is 0 Å². The van der Waals surface area contributed by atoms with E-state index in [2.05, 4.69) is 9.97 Å². The van der Waals surface area contributed by atoms with Gasteiger partial charge in [-0.25, -0.2) is 14.8 Å². The maximum Gasteiger partial charge on any atom is 0.407 e. The van der Waals surface area contributed by atoms with E-state index < -0.39 is 6.09 Å². The van der Waals surface area contributed by atoms with E-state index >= 15 is 0 Å². The van der Waals surface area contributed by atoms with Gasteiger partial charge >= 0.3 is 6.09 Å². The fraction of sp³-hybridized carbons (Fsp3) is 0.312. The maximum atomic E-state index is 10.9. The molecule has 3 rings (SSSR count). The quantitative estimate of drug-likeness (QED) is 0.928. The first kappa shape index (κ1) is 15.1. The molecule has 1 aliphatic heterocycles. The van der Waals surface area contributed by atoms with Crippen LogP contribution in [0.1, 0.15) is 5.56 Å². The highest BCUT2D eigenvalue weighted by atomic mass is 16.5. The summed E-state index contributed by atoms with van der Waals surface area (Å²) >= 11 is 0. The summed E-state index contributed by atoms with van der Waals surface area (Å²) in [5.74, 6) is 1.21. The molecule has 1 aromatic carbocycles. The number of nitrogens with zero attached hydrogens (tertiary/aromatic N) is 4. The molecular formula is C16H18N4O3. The summed E-state index contributed by atoms with van der Waals surface area (Å²) in [7, 11) is 0. The number of anilines is 1. The number of piperazine rings is 1. The molecule has 2 heterocycles. The van der Waals surface area contributed by atoms with Crippen molar-refractivity contribution in [1.82, 2.24) is 14.9 Å². The van der Waals surface area contributed by atoms with E-state index in [0.29, 0.717) is 44.5 Å². The number of amides is 1. The van der Waals surface area contributed by atoms with Crippen molar-refractivity contribution in [1.29, 1.82) is 0 Å². The molecule has 0 spiro atoms. The molecule has 2 aromatic rings. The second-order valence-electron chi connectivity index (χ2n) is 5.25. The zero-order valence-electron chi connectivity index (χ0n) is 12.6. The average Bonchev–Trinajstić information content (AvgIpc) is 2.61. The van der Waals surface area contributed by atoms with Gasteiger partial charge in [-0.1, -0.05) is 30.3 Å². The maximum absolute atomic E-state index is 10.9. The molecule has 1 aromatic heterocycles. The van der Waals surface area contributed by atoms with Crippen molar-refractivity contribution < 1.29 is 14.6 Å². The molecule has 7 heteroatoms. The first-order valence-corrected chi connectivity index (χ1v) is 7.44. The van der Waals surface area contributed by atoms with Crippen molar-refractivity contribution in [3.8, 4) is 5.75 Å². The highest BCUT2D eigenvalue weighted by Gasteiger charge is 2.21. The SMILES string of the molecule is O=C(O)N1CCN(c2ncc(OCc3ccccc3)cn2)CC1. The number of aromatic nitrogens is 2. The molecular weight excluding hydrogens is 296 g/mol. The normalized spacial score (nSPS) is 14.6. The molecule has 1 fully saturated rings. The van der Waals surface area contributed by atoms with Crippen LogP contribution in [0.3, 0.4) is 0 Å². The van der Waals surface area contributed by atoms with Crippen molar-refractivity contribution in [3.63, 3.8) is 0 Å². The van der Waals surface area contributed by atoms with Crippen molar-refractivity contribution >= 4 is 12.0 Å². The lowest BCUT2D eigenvalue weighted by Gasteiger charge is -2.32. The molecule has 1 amide bonds. The van der Waals surface area contributed by atoms with Crippen LogP contribution in [0.5, 0.6) is 5.75 Å². The summed E-state index contributed by atoms with van der Waals surface area (Å²) in [5, 5.41) is 8.94. The fourth-order valence-corrected chi connectivity index (χ4v) is 2.39. The van der Waals surface area contributed by atoms with Crippen LogP contribution >= 0.6 is 0 Å². The highest BCUT2D eigenvalue weighted by Crippen LogP contribution is 2.15. The molecule has 1 saturated heterocycles. The van der Waals surface area contributed by atoms with Crippen LogP contribution in [-0.2, 0) is 6.61 Å². The van der Waals surface area contributed by atoms with E-state index in [1.165, 1.54) is 4.90 Å². The Balaban J connectivity index is 1.54. The Morgan fingerprint density at radius 2 is 1.74 bits per heavy atom. The second kappa shape index (κ2) is 6.95. The summed E-state index contributed by atoms with van der Waals surface area (Å²) in [4.78, 5) is 22.9. The van der Waals surface area contributed by atoms with Gasteiger partial charge in [-0.2, -0.15) is 0 Å². The highest BCUT2D eigenvalue weighted by molar-refractivity contribution is 5.65. The zero-order chi connectivity index (χ0) is 16.1. The largest absolute Gasteiger partial charge is 0.486 e. The molecule has 7 nitrogen and oxygen atoms in total. The lowest BCUT2D eigenvalue weighted by Crippen LogP contribution is -2.48. The monoisotopic (exact) mass is 314 g/mol. The van der Waals surface area contributed by atoms with Gasteiger partial charge in [0, 0.05) is 26.2 Å². The van der Waals surface area contributed by atoms with Gasteiger partial charge in [0.05, 0.1) is 12.4 Å². The Labute approximate surface area is 134 Å². The van der Waals surface area contributed by atoms with Gasteiger partial charge in [0.1, 0.15) is 6.61 Å². The van der Waals surface area contributed by atoms with E-state index in [4.69, 9.17) is 9.84 Å². The summed E-state index contributed by atoms with van der Waals surface area (Å²) in [6, 6.07) is 9.89. The van der Waals surface area contributed by atoms with E-state index in [-0.39, 0.29) is 0 Å². The first-order chi connectivity index (χ1) is 11.2. The predicted molar refractivity (Wildman–Crippen MR) is 84.6 cm³/mol. The van der Waals surface area contributed by atoms with E-state index in [1.54, 1.807) is 12.4 Å². The average molecular weight is 314 g/mol. The Morgan fingerprint density at radius 1 is 1.09 bits per heavy atom. The standard InChI is InChI=1S/C16H18N4O3/c21-16(22)20-8-6-19(7-9-20)15-17-10-14(11-18-15)23-12-13-4-2-1-3-5-13/h1-5,10-11H,6-9,12H2,(H,21,22). The molecule has 23 heavy (non-hydrogen) atoms. The number of hydrogen-bond acceptors (Lipinski definition) is 5. The summed E-state index contributed by atoms with van der Waals surface area (Å²) < 4.78 is 5.65. The third-order valence-electron chi connectivity index (χ3n) is 3.70. The van der Waals surface area contributed by atoms with Gasteiger partial charge in [-0.15, -0.1) is 0 Å².